The van der Waals surface area contributed by atoms with Crippen LogP contribution < -0.4 is 0 Å². The summed E-state index contributed by atoms with van der Waals surface area (Å²) in [6.45, 7) is 5.27. The Bertz CT molecular complexity index is 651. The monoisotopic (exact) mass is 327 g/mol. The molecule has 1 heterocycles. The molecule has 0 aliphatic rings. The van der Waals surface area contributed by atoms with Gasteiger partial charge in [0.25, 0.3) is 0 Å². The first-order valence-electron chi connectivity index (χ1n) is 9.06. The van der Waals surface area contributed by atoms with E-state index >= 15 is 0 Å². The van der Waals surface area contributed by atoms with Crippen LogP contribution in [-0.2, 0) is 4.74 Å². The molecule has 3 heteroatoms. The van der Waals surface area contributed by atoms with E-state index in [0.29, 0.717) is 6.10 Å². The van der Waals surface area contributed by atoms with Crippen LogP contribution in [0.2, 0.25) is 0 Å². The molecule has 1 aromatic heterocycles. The number of nitrogens with zero attached hydrogens (tertiary/aromatic N) is 1. The molecular formula is C21H29NO2. The molecule has 1 N–H and O–H groups in total. The Hall–Kier alpha value is -1.87. The molecule has 0 saturated carbocycles. The maximum Gasteiger partial charge on any atom is 0.116 e. The SMILES string of the molecule is CCCCCOC(C)CCCC=Cc1cc2ccc(O)cc2cn1. The fourth-order valence-electron chi connectivity index (χ4n) is 2.68. The molecule has 1 unspecified atom stereocenters. The van der Waals surface area contributed by atoms with Gasteiger partial charge in [0.15, 0.2) is 0 Å². The summed E-state index contributed by atoms with van der Waals surface area (Å²) in [5, 5.41) is 11.5. The molecule has 2 aromatic rings. The Morgan fingerprint density at radius 3 is 2.88 bits per heavy atom. The van der Waals surface area contributed by atoms with Crippen LogP contribution in [0.1, 0.15) is 58.1 Å². The second kappa shape index (κ2) is 10.1. The lowest BCUT2D eigenvalue weighted by molar-refractivity contribution is 0.0566. The predicted octanol–water partition coefficient (Wildman–Crippen LogP) is 5.72. The number of hydrogen-bond acceptors (Lipinski definition) is 3. The lowest BCUT2D eigenvalue weighted by Crippen LogP contribution is -2.08. The van der Waals surface area contributed by atoms with Gasteiger partial charge in [0.05, 0.1) is 11.8 Å². The number of aromatic hydroxyl groups is 1. The van der Waals surface area contributed by atoms with Crippen molar-refractivity contribution in [1.82, 2.24) is 4.98 Å². The zero-order chi connectivity index (χ0) is 17.2. The van der Waals surface area contributed by atoms with Crippen molar-refractivity contribution < 1.29 is 9.84 Å². The first kappa shape index (κ1) is 18.5. The van der Waals surface area contributed by atoms with Crippen LogP contribution in [0.3, 0.4) is 0 Å². The van der Waals surface area contributed by atoms with Crippen LogP contribution >= 0.6 is 0 Å². The molecule has 2 rings (SSSR count). The second-order valence-corrected chi connectivity index (χ2v) is 6.36. The van der Waals surface area contributed by atoms with Crippen LogP contribution in [0.5, 0.6) is 5.75 Å². The van der Waals surface area contributed by atoms with E-state index in [2.05, 4.69) is 31.0 Å². The van der Waals surface area contributed by atoms with Crippen molar-refractivity contribution in [3.05, 3.63) is 42.2 Å². The van der Waals surface area contributed by atoms with Gasteiger partial charge >= 0.3 is 0 Å². The summed E-state index contributed by atoms with van der Waals surface area (Å²) >= 11 is 0. The molecule has 0 saturated heterocycles. The third kappa shape index (κ3) is 6.32. The molecule has 1 aromatic carbocycles. The van der Waals surface area contributed by atoms with Gasteiger partial charge in [-0.3, -0.25) is 4.98 Å². The molecule has 24 heavy (non-hydrogen) atoms. The minimum atomic E-state index is 0.277. The molecule has 0 aliphatic heterocycles. The van der Waals surface area contributed by atoms with Crippen LogP contribution in [-0.4, -0.2) is 22.8 Å². The van der Waals surface area contributed by atoms with Gasteiger partial charge in [0, 0.05) is 18.2 Å². The Labute approximate surface area is 145 Å². The standard InChI is InChI=1S/C21H29NO2/c1-3-4-8-13-24-17(2)9-6-5-7-10-20-14-18-11-12-21(23)15-19(18)16-22-20/h7,10-12,14-17,23H,3-6,8-9,13H2,1-2H3. The van der Waals surface area contributed by atoms with Crippen LogP contribution in [0, 0.1) is 0 Å². The van der Waals surface area contributed by atoms with E-state index in [4.69, 9.17) is 4.74 Å². The minimum absolute atomic E-state index is 0.277. The number of benzene rings is 1. The minimum Gasteiger partial charge on any atom is -0.508 e. The van der Waals surface area contributed by atoms with Crippen LogP contribution in [0.15, 0.2) is 36.5 Å². The number of allylic oxidation sites excluding steroid dienone is 1. The maximum absolute atomic E-state index is 9.47. The first-order valence-corrected chi connectivity index (χ1v) is 9.06. The van der Waals surface area contributed by atoms with E-state index in [9.17, 15) is 5.11 Å². The number of ether oxygens (including phenoxy) is 1. The zero-order valence-corrected chi connectivity index (χ0v) is 14.9. The molecule has 0 spiro atoms. The smallest absolute Gasteiger partial charge is 0.116 e. The number of hydrogen-bond donors (Lipinski definition) is 1. The van der Waals surface area contributed by atoms with Crippen molar-refractivity contribution in [2.75, 3.05) is 6.61 Å². The molecule has 3 nitrogen and oxygen atoms in total. The van der Waals surface area contributed by atoms with Crippen molar-refractivity contribution in [1.29, 1.82) is 0 Å². The molecule has 0 amide bonds. The highest BCUT2D eigenvalue weighted by atomic mass is 16.5. The molecule has 0 bridgehead atoms. The number of rotatable bonds is 10. The van der Waals surface area contributed by atoms with Gasteiger partial charge in [-0.1, -0.05) is 31.9 Å². The van der Waals surface area contributed by atoms with Crippen LogP contribution in [0.4, 0.5) is 0 Å². The van der Waals surface area contributed by atoms with Crippen LogP contribution in [0.25, 0.3) is 16.8 Å². The second-order valence-electron chi connectivity index (χ2n) is 6.36. The summed E-state index contributed by atoms with van der Waals surface area (Å²) in [4.78, 5) is 4.42. The molecule has 0 aliphatic carbocycles. The maximum atomic E-state index is 9.47. The highest BCUT2D eigenvalue weighted by Crippen LogP contribution is 2.20. The van der Waals surface area contributed by atoms with E-state index in [1.807, 2.05) is 12.1 Å². The molecule has 0 fully saturated rings. The van der Waals surface area contributed by atoms with E-state index in [1.165, 1.54) is 19.3 Å². The molecule has 0 radical (unpaired) electrons. The molecule has 1 atom stereocenters. The summed E-state index contributed by atoms with van der Waals surface area (Å²) in [7, 11) is 0. The Kier molecular flexibility index (Phi) is 7.76. The van der Waals surface area contributed by atoms with Gasteiger partial charge in [-0.05, 0) is 62.3 Å². The highest BCUT2D eigenvalue weighted by molar-refractivity contribution is 5.84. The largest absolute Gasteiger partial charge is 0.508 e. The topological polar surface area (TPSA) is 42.4 Å². The quantitative estimate of drug-likeness (QED) is 0.567. The summed E-state index contributed by atoms with van der Waals surface area (Å²) in [5.74, 6) is 0.277. The lowest BCUT2D eigenvalue weighted by atomic mass is 10.1. The summed E-state index contributed by atoms with van der Waals surface area (Å²) in [5.41, 5.74) is 0.956. The van der Waals surface area contributed by atoms with Crippen molar-refractivity contribution in [2.24, 2.45) is 0 Å². The van der Waals surface area contributed by atoms with Crippen molar-refractivity contribution in [2.45, 2.75) is 58.5 Å². The third-order valence-corrected chi connectivity index (χ3v) is 4.15. The van der Waals surface area contributed by atoms with Crippen molar-refractivity contribution >= 4 is 16.8 Å². The fourth-order valence-corrected chi connectivity index (χ4v) is 2.68. The van der Waals surface area contributed by atoms with E-state index in [1.54, 1.807) is 18.3 Å². The first-order chi connectivity index (χ1) is 11.7. The van der Waals surface area contributed by atoms with Crippen molar-refractivity contribution in [3.63, 3.8) is 0 Å². The van der Waals surface area contributed by atoms with Gasteiger partial charge in [0.1, 0.15) is 5.75 Å². The number of aromatic nitrogens is 1. The number of unbranched alkanes of at least 4 members (excludes halogenated alkanes) is 3. The van der Waals surface area contributed by atoms with E-state index in [-0.39, 0.29) is 5.75 Å². The highest BCUT2D eigenvalue weighted by Gasteiger charge is 2.01. The summed E-state index contributed by atoms with van der Waals surface area (Å²) < 4.78 is 5.81. The predicted molar refractivity (Wildman–Crippen MR) is 101 cm³/mol. The summed E-state index contributed by atoms with van der Waals surface area (Å²) in [6, 6.07) is 7.40. The lowest BCUT2D eigenvalue weighted by Gasteiger charge is -2.11. The summed E-state index contributed by atoms with van der Waals surface area (Å²) in [6.07, 6.45) is 13.3. The van der Waals surface area contributed by atoms with Gasteiger partial charge in [0.2, 0.25) is 0 Å². The number of fused-ring (bicyclic) bond motifs is 1. The average Bonchev–Trinajstić information content (AvgIpc) is 2.58. The molecule has 130 valence electrons. The fraction of sp³-hybridized carbons (Fsp3) is 0.476. The zero-order valence-electron chi connectivity index (χ0n) is 14.9. The number of pyridine rings is 1. The van der Waals surface area contributed by atoms with Crippen molar-refractivity contribution in [3.8, 4) is 5.75 Å². The normalized spacial score (nSPS) is 12.9. The van der Waals surface area contributed by atoms with Gasteiger partial charge < -0.3 is 9.84 Å². The Morgan fingerprint density at radius 2 is 2.04 bits per heavy atom. The Morgan fingerprint density at radius 1 is 1.17 bits per heavy atom. The Balaban J connectivity index is 1.71. The number of phenols is 1. The van der Waals surface area contributed by atoms with Gasteiger partial charge in [-0.15, -0.1) is 0 Å². The average molecular weight is 327 g/mol. The van der Waals surface area contributed by atoms with E-state index < -0.39 is 0 Å². The molecular weight excluding hydrogens is 298 g/mol. The third-order valence-electron chi connectivity index (χ3n) is 4.15. The van der Waals surface area contributed by atoms with Gasteiger partial charge in [-0.25, -0.2) is 0 Å². The van der Waals surface area contributed by atoms with Gasteiger partial charge in [-0.2, -0.15) is 0 Å². The van der Waals surface area contributed by atoms with E-state index in [0.717, 1.165) is 42.3 Å². The number of phenolic OH excluding ortho intramolecular Hbond substituents is 1.